The summed E-state index contributed by atoms with van der Waals surface area (Å²) in [4.78, 5) is 4.04. The Labute approximate surface area is 75.2 Å². The van der Waals surface area contributed by atoms with Gasteiger partial charge in [0.25, 0.3) is 0 Å². The molecule has 2 rings (SSSR count). The largest absolute Gasteiger partial charge is 0.244 e. The van der Waals surface area contributed by atoms with Crippen LogP contribution in [0.2, 0.25) is 5.15 Å². The summed E-state index contributed by atoms with van der Waals surface area (Å²) < 4.78 is 0. The highest BCUT2D eigenvalue weighted by molar-refractivity contribution is 7.98. The summed E-state index contributed by atoms with van der Waals surface area (Å²) in [7, 11) is 0. The van der Waals surface area contributed by atoms with Crippen LogP contribution in [0, 0.1) is 0 Å². The van der Waals surface area contributed by atoms with Crippen LogP contribution in [0.1, 0.15) is 11.1 Å². The number of nitrogens with zero attached hydrogens (tertiary/aromatic N) is 1. The number of thioether (sulfide) groups is 1. The lowest BCUT2D eigenvalue weighted by Crippen LogP contribution is -2.02. The van der Waals surface area contributed by atoms with Gasteiger partial charge in [0.15, 0.2) is 0 Å². The molecule has 1 aliphatic heterocycles. The Hall–Kier alpha value is -0.210. The minimum absolute atomic E-state index is 0.621. The summed E-state index contributed by atoms with van der Waals surface area (Å²) in [6.45, 7) is 0. The van der Waals surface area contributed by atoms with E-state index in [0.29, 0.717) is 5.15 Å². The Bertz CT molecular complexity index is 275. The first-order valence-corrected chi connectivity index (χ1v) is 5.10. The van der Waals surface area contributed by atoms with Gasteiger partial charge in [-0.2, -0.15) is 11.8 Å². The molecule has 58 valence electrons. The number of hydrogen-bond donors (Lipinski definition) is 0. The quantitative estimate of drug-likeness (QED) is 0.577. The van der Waals surface area contributed by atoms with Gasteiger partial charge in [-0.05, 0) is 29.4 Å². The summed E-state index contributed by atoms with van der Waals surface area (Å²) in [5.74, 6) is 2.31. The Morgan fingerprint density at radius 1 is 1.45 bits per heavy atom. The van der Waals surface area contributed by atoms with Gasteiger partial charge >= 0.3 is 0 Å². The molecule has 1 aromatic heterocycles. The smallest absolute Gasteiger partial charge is 0.129 e. The predicted octanol–water partition coefficient (Wildman–Crippen LogP) is 2.52. The summed E-state index contributed by atoms with van der Waals surface area (Å²) in [6, 6.07) is 1.98. The predicted molar refractivity (Wildman–Crippen MR) is 49.1 cm³/mol. The number of rotatable bonds is 0. The molecule has 1 nitrogen and oxygen atoms in total. The zero-order valence-electron chi connectivity index (χ0n) is 6.01. The molecule has 1 aromatic rings. The third-order valence-electron chi connectivity index (χ3n) is 1.82. The van der Waals surface area contributed by atoms with E-state index in [4.69, 9.17) is 11.6 Å². The van der Waals surface area contributed by atoms with Gasteiger partial charge in [-0.3, -0.25) is 0 Å². The fourth-order valence-electron chi connectivity index (χ4n) is 1.22. The van der Waals surface area contributed by atoms with E-state index in [0.717, 1.165) is 12.2 Å². The second-order valence-corrected chi connectivity index (χ2v) is 4.07. The molecule has 0 amide bonds. The second-order valence-electron chi connectivity index (χ2n) is 2.58. The first-order valence-electron chi connectivity index (χ1n) is 3.57. The maximum atomic E-state index is 5.76. The fourth-order valence-corrected chi connectivity index (χ4v) is 2.39. The van der Waals surface area contributed by atoms with Crippen molar-refractivity contribution in [2.24, 2.45) is 0 Å². The number of hydrogen-bond acceptors (Lipinski definition) is 2. The van der Waals surface area contributed by atoms with E-state index < -0.39 is 0 Å². The van der Waals surface area contributed by atoms with Crippen molar-refractivity contribution in [2.45, 2.75) is 12.2 Å². The Morgan fingerprint density at radius 3 is 3.27 bits per heavy atom. The first kappa shape index (κ1) is 7.44. The van der Waals surface area contributed by atoms with Crippen molar-refractivity contribution in [3.63, 3.8) is 0 Å². The average Bonchev–Trinajstić information content (AvgIpc) is 2.04. The second kappa shape index (κ2) is 3.03. The van der Waals surface area contributed by atoms with Crippen LogP contribution >= 0.6 is 23.4 Å². The van der Waals surface area contributed by atoms with E-state index in [1.165, 1.54) is 16.9 Å². The molecule has 2 heterocycles. The molecule has 0 bridgehead atoms. The topological polar surface area (TPSA) is 12.9 Å². The molecule has 1 aliphatic rings. The lowest BCUT2D eigenvalue weighted by atomic mass is 10.1. The van der Waals surface area contributed by atoms with Crippen molar-refractivity contribution < 1.29 is 0 Å². The Balaban J connectivity index is 2.43. The molecule has 0 unspecified atom stereocenters. The van der Waals surface area contributed by atoms with Crippen molar-refractivity contribution in [2.75, 3.05) is 5.75 Å². The van der Waals surface area contributed by atoms with Crippen LogP contribution < -0.4 is 0 Å². The lowest BCUT2D eigenvalue weighted by molar-refractivity contribution is 1.06. The minimum Gasteiger partial charge on any atom is -0.244 e. The number of aryl methyl sites for hydroxylation is 1. The number of aromatic nitrogens is 1. The van der Waals surface area contributed by atoms with Crippen LogP contribution in [0.3, 0.4) is 0 Å². The van der Waals surface area contributed by atoms with E-state index >= 15 is 0 Å². The standard InChI is InChI=1S/C8H8ClNS/c9-8-3-6-1-2-11-5-7(6)4-10-8/h3-4H,1-2,5H2. The van der Waals surface area contributed by atoms with Gasteiger partial charge in [0, 0.05) is 11.9 Å². The molecule has 0 saturated heterocycles. The van der Waals surface area contributed by atoms with Crippen LogP contribution in [-0.2, 0) is 12.2 Å². The van der Waals surface area contributed by atoms with E-state index in [2.05, 4.69) is 4.98 Å². The van der Waals surface area contributed by atoms with Gasteiger partial charge in [0.2, 0.25) is 0 Å². The van der Waals surface area contributed by atoms with Crippen molar-refractivity contribution in [3.05, 3.63) is 28.5 Å². The third kappa shape index (κ3) is 1.52. The number of fused-ring (bicyclic) bond motifs is 1. The van der Waals surface area contributed by atoms with Crippen molar-refractivity contribution in [1.29, 1.82) is 0 Å². The van der Waals surface area contributed by atoms with Gasteiger partial charge in [0.05, 0.1) is 0 Å². The first-order chi connectivity index (χ1) is 5.36. The summed E-state index contributed by atoms with van der Waals surface area (Å²) >= 11 is 7.72. The highest BCUT2D eigenvalue weighted by Crippen LogP contribution is 2.25. The molecule has 0 spiro atoms. The monoisotopic (exact) mass is 185 g/mol. The van der Waals surface area contributed by atoms with Crippen LogP contribution in [0.4, 0.5) is 0 Å². The van der Waals surface area contributed by atoms with Gasteiger partial charge in [-0.1, -0.05) is 11.6 Å². The van der Waals surface area contributed by atoms with Crippen LogP contribution in [0.25, 0.3) is 0 Å². The molecule has 0 saturated carbocycles. The molecule has 0 N–H and O–H groups in total. The summed E-state index contributed by atoms with van der Waals surface area (Å²) in [5.41, 5.74) is 2.73. The van der Waals surface area contributed by atoms with Gasteiger partial charge in [-0.25, -0.2) is 4.98 Å². The summed E-state index contributed by atoms with van der Waals surface area (Å²) in [5, 5.41) is 0.621. The van der Waals surface area contributed by atoms with Gasteiger partial charge in [-0.15, -0.1) is 0 Å². The average molecular weight is 186 g/mol. The van der Waals surface area contributed by atoms with E-state index in [-0.39, 0.29) is 0 Å². The van der Waals surface area contributed by atoms with Crippen LogP contribution in [0.5, 0.6) is 0 Å². The molecule has 0 radical (unpaired) electrons. The molecular weight excluding hydrogens is 178 g/mol. The maximum absolute atomic E-state index is 5.76. The van der Waals surface area contributed by atoms with Gasteiger partial charge < -0.3 is 0 Å². The molecule has 0 aliphatic carbocycles. The molecule has 0 atom stereocenters. The molecular formula is C8H8ClNS. The normalized spacial score (nSPS) is 16.1. The van der Waals surface area contributed by atoms with E-state index in [9.17, 15) is 0 Å². The molecule has 0 fully saturated rings. The number of pyridine rings is 1. The lowest BCUT2D eigenvalue weighted by Gasteiger charge is -2.13. The minimum atomic E-state index is 0.621. The maximum Gasteiger partial charge on any atom is 0.129 e. The number of halogens is 1. The van der Waals surface area contributed by atoms with Crippen molar-refractivity contribution >= 4 is 23.4 Å². The molecule has 3 heteroatoms. The SMILES string of the molecule is Clc1cc2c(cn1)CSCC2. The zero-order valence-corrected chi connectivity index (χ0v) is 7.58. The highest BCUT2D eigenvalue weighted by atomic mass is 35.5. The summed E-state index contributed by atoms with van der Waals surface area (Å²) in [6.07, 6.45) is 3.03. The van der Waals surface area contributed by atoms with Crippen LogP contribution in [-0.4, -0.2) is 10.7 Å². The highest BCUT2D eigenvalue weighted by Gasteiger charge is 2.09. The zero-order chi connectivity index (χ0) is 7.68. The fraction of sp³-hybridized carbons (Fsp3) is 0.375. The van der Waals surface area contributed by atoms with Gasteiger partial charge in [0.1, 0.15) is 5.15 Å². The van der Waals surface area contributed by atoms with E-state index in [1.54, 1.807) is 0 Å². The Kier molecular flexibility index (Phi) is 2.05. The Morgan fingerprint density at radius 2 is 2.36 bits per heavy atom. The van der Waals surface area contributed by atoms with Crippen LogP contribution in [0.15, 0.2) is 12.3 Å². The van der Waals surface area contributed by atoms with Crippen molar-refractivity contribution in [3.8, 4) is 0 Å². The third-order valence-corrected chi connectivity index (χ3v) is 3.04. The molecule has 0 aromatic carbocycles. The van der Waals surface area contributed by atoms with Crippen molar-refractivity contribution in [1.82, 2.24) is 4.98 Å². The van der Waals surface area contributed by atoms with E-state index in [1.807, 2.05) is 24.0 Å². The molecule has 11 heavy (non-hydrogen) atoms.